The van der Waals surface area contributed by atoms with Gasteiger partial charge in [-0.1, -0.05) is 25.3 Å². The van der Waals surface area contributed by atoms with E-state index in [4.69, 9.17) is 5.73 Å². The first kappa shape index (κ1) is 16.9. The van der Waals surface area contributed by atoms with Crippen molar-refractivity contribution in [3.63, 3.8) is 0 Å². The van der Waals surface area contributed by atoms with E-state index in [1.807, 2.05) is 0 Å². The van der Waals surface area contributed by atoms with Crippen LogP contribution < -0.4 is 11.1 Å². The standard InChI is InChI=1S/C17H24F2N2O/c1-12(16-13(18)6-5-7-14(16)19)21-15(22)10-17(11-20)8-3-2-4-9-17/h5-7,12H,2-4,8-11,20H2,1H3,(H,21,22). The van der Waals surface area contributed by atoms with Gasteiger partial charge in [-0.25, -0.2) is 8.78 Å². The molecule has 1 aliphatic rings. The molecule has 1 saturated carbocycles. The Hall–Kier alpha value is -1.49. The maximum absolute atomic E-state index is 13.7. The maximum atomic E-state index is 13.7. The fourth-order valence-corrected chi connectivity index (χ4v) is 3.38. The molecule has 1 aliphatic carbocycles. The Labute approximate surface area is 130 Å². The summed E-state index contributed by atoms with van der Waals surface area (Å²) in [6, 6.07) is 3.01. The lowest BCUT2D eigenvalue weighted by Gasteiger charge is -2.36. The molecule has 1 aromatic carbocycles. The predicted molar refractivity (Wildman–Crippen MR) is 82.1 cm³/mol. The number of halogens is 2. The highest BCUT2D eigenvalue weighted by Crippen LogP contribution is 2.38. The smallest absolute Gasteiger partial charge is 0.221 e. The summed E-state index contributed by atoms with van der Waals surface area (Å²) in [6.07, 6.45) is 5.56. The molecule has 1 unspecified atom stereocenters. The van der Waals surface area contributed by atoms with Gasteiger partial charge in [-0.2, -0.15) is 0 Å². The van der Waals surface area contributed by atoms with E-state index in [0.717, 1.165) is 25.7 Å². The van der Waals surface area contributed by atoms with Crippen LogP contribution in [0.15, 0.2) is 18.2 Å². The lowest BCUT2D eigenvalue weighted by molar-refractivity contribution is -0.124. The summed E-state index contributed by atoms with van der Waals surface area (Å²) in [6.45, 7) is 2.07. The van der Waals surface area contributed by atoms with Gasteiger partial charge in [0, 0.05) is 12.0 Å². The quantitative estimate of drug-likeness (QED) is 0.875. The minimum Gasteiger partial charge on any atom is -0.349 e. The molecule has 1 amide bonds. The Morgan fingerprint density at radius 1 is 1.27 bits per heavy atom. The molecule has 2 rings (SSSR count). The van der Waals surface area contributed by atoms with Crippen LogP contribution >= 0.6 is 0 Å². The minimum absolute atomic E-state index is 0.0960. The first-order valence-corrected chi connectivity index (χ1v) is 7.91. The van der Waals surface area contributed by atoms with Crippen molar-refractivity contribution >= 4 is 5.91 Å². The summed E-state index contributed by atoms with van der Waals surface area (Å²) < 4.78 is 27.5. The Bertz CT molecular complexity index is 507. The molecular formula is C17H24F2N2O. The van der Waals surface area contributed by atoms with Crippen molar-refractivity contribution in [3.8, 4) is 0 Å². The fourth-order valence-electron chi connectivity index (χ4n) is 3.38. The predicted octanol–water partition coefficient (Wildman–Crippen LogP) is 3.44. The van der Waals surface area contributed by atoms with Crippen LogP contribution in [0, 0.1) is 17.0 Å². The van der Waals surface area contributed by atoms with Crippen molar-refractivity contribution in [1.82, 2.24) is 5.32 Å². The molecule has 0 radical (unpaired) electrons. The zero-order valence-corrected chi connectivity index (χ0v) is 13.0. The number of carbonyl (C=O) groups excluding carboxylic acids is 1. The van der Waals surface area contributed by atoms with Crippen molar-refractivity contribution in [2.45, 2.75) is 51.5 Å². The lowest BCUT2D eigenvalue weighted by atomic mass is 9.71. The van der Waals surface area contributed by atoms with E-state index in [1.54, 1.807) is 6.92 Å². The summed E-state index contributed by atoms with van der Waals surface area (Å²) in [4.78, 5) is 12.3. The molecule has 1 fully saturated rings. The number of benzene rings is 1. The van der Waals surface area contributed by atoms with Crippen LogP contribution in [0.5, 0.6) is 0 Å². The molecule has 0 aromatic heterocycles. The first-order chi connectivity index (χ1) is 10.5. The van der Waals surface area contributed by atoms with Gasteiger partial charge in [0.15, 0.2) is 0 Å². The van der Waals surface area contributed by atoms with Crippen molar-refractivity contribution in [2.24, 2.45) is 11.1 Å². The number of nitrogens with two attached hydrogens (primary N) is 1. The summed E-state index contributed by atoms with van der Waals surface area (Å²) in [7, 11) is 0. The number of hydrogen-bond donors (Lipinski definition) is 2. The second kappa shape index (κ2) is 7.18. The van der Waals surface area contributed by atoms with Crippen LogP contribution in [-0.2, 0) is 4.79 Å². The SMILES string of the molecule is CC(NC(=O)CC1(CN)CCCCC1)c1c(F)cccc1F. The fraction of sp³-hybridized carbons (Fsp3) is 0.588. The number of rotatable bonds is 5. The third-order valence-corrected chi connectivity index (χ3v) is 4.69. The normalized spacial score (nSPS) is 18.7. The van der Waals surface area contributed by atoms with Gasteiger partial charge >= 0.3 is 0 Å². The van der Waals surface area contributed by atoms with E-state index < -0.39 is 17.7 Å². The molecule has 22 heavy (non-hydrogen) atoms. The number of hydrogen-bond acceptors (Lipinski definition) is 2. The van der Waals surface area contributed by atoms with Crippen molar-refractivity contribution in [1.29, 1.82) is 0 Å². The third kappa shape index (κ3) is 3.83. The minimum atomic E-state index is -0.702. The second-order valence-electron chi connectivity index (χ2n) is 6.37. The van der Waals surface area contributed by atoms with Crippen LogP contribution in [0.3, 0.4) is 0 Å². The van der Waals surface area contributed by atoms with E-state index in [1.165, 1.54) is 24.6 Å². The van der Waals surface area contributed by atoms with E-state index >= 15 is 0 Å². The van der Waals surface area contributed by atoms with Crippen LogP contribution in [0.25, 0.3) is 0 Å². The molecule has 0 heterocycles. The molecule has 5 heteroatoms. The molecule has 0 aliphatic heterocycles. The van der Waals surface area contributed by atoms with Gasteiger partial charge in [0.2, 0.25) is 5.91 Å². The molecule has 3 N–H and O–H groups in total. The van der Waals surface area contributed by atoms with Gasteiger partial charge in [-0.3, -0.25) is 4.79 Å². The Morgan fingerprint density at radius 3 is 2.41 bits per heavy atom. The topological polar surface area (TPSA) is 55.1 Å². The molecule has 1 atom stereocenters. The average Bonchev–Trinajstić information content (AvgIpc) is 2.47. The third-order valence-electron chi connectivity index (χ3n) is 4.69. The van der Waals surface area contributed by atoms with Gasteiger partial charge in [0.25, 0.3) is 0 Å². The Kier molecular flexibility index (Phi) is 5.51. The van der Waals surface area contributed by atoms with E-state index in [9.17, 15) is 13.6 Å². The first-order valence-electron chi connectivity index (χ1n) is 7.91. The summed E-state index contributed by atoms with van der Waals surface area (Å²) in [5.41, 5.74) is 5.62. The second-order valence-corrected chi connectivity index (χ2v) is 6.37. The van der Waals surface area contributed by atoms with Crippen molar-refractivity contribution in [3.05, 3.63) is 35.4 Å². The Morgan fingerprint density at radius 2 is 1.86 bits per heavy atom. The van der Waals surface area contributed by atoms with Crippen molar-refractivity contribution < 1.29 is 13.6 Å². The van der Waals surface area contributed by atoms with Crippen LogP contribution in [-0.4, -0.2) is 12.5 Å². The van der Waals surface area contributed by atoms with Crippen LogP contribution in [0.4, 0.5) is 8.78 Å². The maximum Gasteiger partial charge on any atom is 0.221 e. The van der Waals surface area contributed by atoms with Crippen molar-refractivity contribution in [2.75, 3.05) is 6.54 Å². The van der Waals surface area contributed by atoms with Gasteiger partial charge in [-0.05, 0) is 43.9 Å². The van der Waals surface area contributed by atoms with Gasteiger partial charge < -0.3 is 11.1 Å². The molecule has 3 nitrogen and oxygen atoms in total. The lowest BCUT2D eigenvalue weighted by Crippen LogP contribution is -2.39. The Balaban J connectivity index is 2.02. The summed E-state index contributed by atoms with van der Waals surface area (Å²) >= 11 is 0. The van der Waals surface area contributed by atoms with E-state index in [2.05, 4.69) is 5.32 Å². The van der Waals surface area contributed by atoms with E-state index in [0.29, 0.717) is 13.0 Å². The molecule has 0 saturated heterocycles. The largest absolute Gasteiger partial charge is 0.349 e. The molecular weight excluding hydrogens is 286 g/mol. The number of nitrogens with one attached hydrogen (secondary N) is 1. The zero-order valence-electron chi connectivity index (χ0n) is 13.0. The van der Waals surface area contributed by atoms with Crippen LogP contribution in [0.1, 0.15) is 57.1 Å². The average molecular weight is 310 g/mol. The summed E-state index contributed by atoms with van der Waals surface area (Å²) in [5.74, 6) is -1.47. The molecule has 0 spiro atoms. The molecule has 0 bridgehead atoms. The highest BCUT2D eigenvalue weighted by Gasteiger charge is 2.33. The number of amides is 1. The number of carbonyl (C=O) groups is 1. The van der Waals surface area contributed by atoms with Gasteiger partial charge in [0.1, 0.15) is 11.6 Å². The van der Waals surface area contributed by atoms with E-state index in [-0.39, 0.29) is 16.9 Å². The summed E-state index contributed by atoms with van der Waals surface area (Å²) in [5, 5.41) is 2.71. The monoisotopic (exact) mass is 310 g/mol. The van der Waals surface area contributed by atoms with Gasteiger partial charge in [0.05, 0.1) is 6.04 Å². The molecule has 122 valence electrons. The van der Waals surface area contributed by atoms with Crippen LogP contribution in [0.2, 0.25) is 0 Å². The van der Waals surface area contributed by atoms with Gasteiger partial charge in [-0.15, -0.1) is 0 Å². The highest BCUT2D eigenvalue weighted by molar-refractivity contribution is 5.77. The zero-order chi connectivity index (χ0) is 16.2. The molecule has 1 aromatic rings. The highest BCUT2D eigenvalue weighted by atomic mass is 19.1.